The standard InChI is InChI=1S/C17H24N4O9/c1-27-14(24)9-7-28-15(17(19)8(5-20-25)2-3-16(9,17)18)30-12-4-10(22)13(23)11(29-12)6-21-26/h2,7,10-13,15,22-23H,3-6,18-19H2,1H3/t10-,11-,12+,13+,15+,16+,17-/m1/s1. The number of nitrogens with zero attached hydrogens (tertiary/aromatic N) is 2. The number of hydrogen-bond donors (Lipinski definition) is 4. The zero-order valence-electron chi connectivity index (χ0n) is 16.2. The van der Waals surface area contributed by atoms with E-state index in [0.29, 0.717) is 5.57 Å². The minimum atomic E-state index is -1.69. The van der Waals surface area contributed by atoms with Gasteiger partial charge in [-0.05, 0) is 12.0 Å². The Balaban J connectivity index is 1.91. The summed E-state index contributed by atoms with van der Waals surface area (Å²) < 4.78 is 21.6. The largest absolute Gasteiger partial charge is 0.469 e. The van der Waals surface area contributed by atoms with Crippen molar-refractivity contribution < 1.29 is 34.0 Å². The molecule has 13 heteroatoms. The highest BCUT2D eigenvalue weighted by Gasteiger charge is 2.64. The summed E-state index contributed by atoms with van der Waals surface area (Å²) in [6.45, 7) is -0.734. The van der Waals surface area contributed by atoms with Crippen molar-refractivity contribution in [1.82, 2.24) is 0 Å². The molecule has 30 heavy (non-hydrogen) atoms. The zero-order valence-corrected chi connectivity index (χ0v) is 16.2. The number of fused-ring (bicyclic) bond motifs is 1. The third-order valence-corrected chi connectivity index (χ3v) is 5.81. The first-order chi connectivity index (χ1) is 14.2. The molecule has 2 heterocycles. The quantitative estimate of drug-likeness (QED) is 0.209. The predicted molar refractivity (Wildman–Crippen MR) is 99.2 cm³/mol. The van der Waals surface area contributed by atoms with Gasteiger partial charge in [0, 0.05) is 6.42 Å². The SMILES string of the molecule is COC(=O)C1=CO[C@@H](O[C@H]2C[C@@H](O)[C@H](O)[C@@H](CN=O)O2)[C@]2(N)C(CN=O)=CC[C@]12N. The van der Waals surface area contributed by atoms with Gasteiger partial charge in [-0.15, -0.1) is 0 Å². The lowest BCUT2D eigenvalue weighted by Crippen LogP contribution is -2.74. The third-order valence-electron chi connectivity index (χ3n) is 5.81. The highest BCUT2D eigenvalue weighted by molar-refractivity contribution is 5.92. The minimum Gasteiger partial charge on any atom is -0.469 e. The number of aliphatic hydroxyl groups is 2. The summed E-state index contributed by atoms with van der Waals surface area (Å²) in [5, 5.41) is 25.6. The highest BCUT2D eigenvalue weighted by atomic mass is 16.8. The first-order valence-corrected chi connectivity index (χ1v) is 9.19. The lowest BCUT2D eigenvalue weighted by Gasteiger charge is -2.50. The Hall–Kier alpha value is -2.29. The van der Waals surface area contributed by atoms with Crippen molar-refractivity contribution in [2.75, 3.05) is 20.2 Å². The van der Waals surface area contributed by atoms with Crippen molar-refractivity contribution in [3.05, 3.63) is 33.3 Å². The average Bonchev–Trinajstić information content (AvgIpc) is 2.98. The second-order valence-corrected chi connectivity index (χ2v) is 7.40. The normalized spacial score (nSPS) is 40.5. The highest BCUT2D eigenvalue weighted by Crippen LogP contribution is 2.47. The number of nitrogens with two attached hydrogens (primary N) is 2. The molecule has 1 aliphatic carbocycles. The van der Waals surface area contributed by atoms with Crippen LogP contribution in [0.1, 0.15) is 12.8 Å². The Kier molecular flexibility index (Phi) is 6.31. The van der Waals surface area contributed by atoms with Crippen LogP contribution in [0.3, 0.4) is 0 Å². The molecule has 1 fully saturated rings. The van der Waals surface area contributed by atoms with Crippen LogP contribution in [-0.4, -0.2) is 78.4 Å². The number of methoxy groups -OCH3 is 1. The molecule has 3 rings (SSSR count). The molecule has 7 atom stereocenters. The molecule has 0 aromatic carbocycles. The van der Waals surface area contributed by atoms with Crippen LogP contribution in [-0.2, 0) is 23.7 Å². The molecule has 1 saturated heterocycles. The van der Waals surface area contributed by atoms with Crippen LogP contribution in [0.5, 0.6) is 0 Å². The lowest BCUT2D eigenvalue weighted by molar-refractivity contribution is -0.304. The van der Waals surface area contributed by atoms with E-state index in [9.17, 15) is 24.8 Å². The van der Waals surface area contributed by atoms with Crippen molar-refractivity contribution in [2.45, 2.75) is 54.8 Å². The van der Waals surface area contributed by atoms with Gasteiger partial charge in [0.15, 0.2) is 6.29 Å². The van der Waals surface area contributed by atoms with Gasteiger partial charge >= 0.3 is 5.97 Å². The van der Waals surface area contributed by atoms with Gasteiger partial charge in [0.05, 0.1) is 30.6 Å². The molecule has 6 N–H and O–H groups in total. The lowest BCUT2D eigenvalue weighted by atomic mass is 9.70. The van der Waals surface area contributed by atoms with E-state index < -0.39 is 54.5 Å². The van der Waals surface area contributed by atoms with Crippen LogP contribution in [0.4, 0.5) is 0 Å². The number of carbonyl (C=O) groups excluding carboxylic acids is 1. The van der Waals surface area contributed by atoms with Gasteiger partial charge in [0.25, 0.3) is 0 Å². The van der Waals surface area contributed by atoms with Crippen LogP contribution >= 0.6 is 0 Å². The molecular formula is C17H24N4O9. The van der Waals surface area contributed by atoms with E-state index in [-0.39, 0.29) is 25.0 Å². The Morgan fingerprint density at radius 2 is 2.07 bits per heavy atom. The molecule has 0 bridgehead atoms. The van der Waals surface area contributed by atoms with Crippen molar-refractivity contribution >= 4 is 5.97 Å². The molecule has 13 nitrogen and oxygen atoms in total. The summed E-state index contributed by atoms with van der Waals surface area (Å²) in [5.74, 6) is -0.760. The second-order valence-electron chi connectivity index (χ2n) is 7.40. The van der Waals surface area contributed by atoms with Crippen molar-refractivity contribution in [3.8, 4) is 0 Å². The van der Waals surface area contributed by atoms with Crippen LogP contribution < -0.4 is 11.5 Å². The van der Waals surface area contributed by atoms with Crippen molar-refractivity contribution in [1.29, 1.82) is 0 Å². The molecule has 0 radical (unpaired) electrons. The Morgan fingerprint density at radius 3 is 2.70 bits per heavy atom. The summed E-state index contributed by atoms with van der Waals surface area (Å²) in [4.78, 5) is 33.8. The maximum absolute atomic E-state index is 12.2. The van der Waals surface area contributed by atoms with Crippen molar-refractivity contribution in [3.63, 3.8) is 0 Å². The fourth-order valence-electron chi connectivity index (χ4n) is 4.06. The first kappa shape index (κ1) is 22.4. The number of esters is 1. The van der Waals surface area contributed by atoms with Crippen LogP contribution in [0, 0.1) is 9.81 Å². The molecular weight excluding hydrogens is 404 g/mol. The van der Waals surface area contributed by atoms with Gasteiger partial charge in [-0.3, -0.25) is 0 Å². The maximum atomic E-state index is 12.2. The van der Waals surface area contributed by atoms with E-state index in [1.807, 2.05) is 0 Å². The molecule has 166 valence electrons. The Bertz CT molecular complexity index is 774. The van der Waals surface area contributed by atoms with E-state index in [1.54, 1.807) is 6.08 Å². The maximum Gasteiger partial charge on any atom is 0.338 e. The van der Waals surface area contributed by atoms with E-state index in [0.717, 1.165) is 6.26 Å². The van der Waals surface area contributed by atoms with Gasteiger partial charge in [-0.25, -0.2) is 4.79 Å². The molecule has 0 saturated carbocycles. The Labute approximate surface area is 170 Å². The number of nitroso groups, excluding NO2 is 2. The van der Waals surface area contributed by atoms with Gasteiger partial charge in [0.2, 0.25) is 6.29 Å². The average molecular weight is 428 g/mol. The number of carbonyl (C=O) groups is 1. The van der Waals surface area contributed by atoms with E-state index in [2.05, 4.69) is 10.4 Å². The number of aliphatic hydroxyl groups excluding tert-OH is 2. The van der Waals surface area contributed by atoms with Gasteiger partial charge < -0.3 is 40.6 Å². The summed E-state index contributed by atoms with van der Waals surface area (Å²) in [6.07, 6.45) is -3.60. The van der Waals surface area contributed by atoms with Gasteiger partial charge in [-0.2, -0.15) is 9.81 Å². The van der Waals surface area contributed by atoms with Gasteiger partial charge in [0.1, 0.15) is 30.8 Å². The zero-order chi connectivity index (χ0) is 22.1. The number of rotatable bonds is 7. The monoisotopic (exact) mass is 428 g/mol. The fourth-order valence-corrected chi connectivity index (χ4v) is 4.06. The predicted octanol–water partition coefficient (Wildman–Crippen LogP) is -1.49. The van der Waals surface area contributed by atoms with Crippen LogP contribution in [0.15, 0.2) is 33.8 Å². The summed E-state index contributed by atoms with van der Waals surface area (Å²) >= 11 is 0. The molecule has 0 unspecified atom stereocenters. The van der Waals surface area contributed by atoms with Gasteiger partial charge in [-0.1, -0.05) is 16.4 Å². The summed E-state index contributed by atoms with van der Waals surface area (Å²) in [5.41, 5.74) is 10.1. The van der Waals surface area contributed by atoms with Crippen LogP contribution in [0.2, 0.25) is 0 Å². The summed E-state index contributed by atoms with van der Waals surface area (Å²) in [6, 6.07) is 0. The molecule has 0 spiro atoms. The second kappa shape index (κ2) is 8.45. The topological polar surface area (TPSA) is 205 Å². The van der Waals surface area contributed by atoms with E-state index >= 15 is 0 Å². The molecule has 0 amide bonds. The molecule has 0 aromatic rings. The number of hydrogen-bond acceptors (Lipinski definition) is 13. The van der Waals surface area contributed by atoms with Crippen LogP contribution in [0.25, 0.3) is 0 Å². The first-order valence-electron chi connectivity index (χ1n) is 9.19. The molecule has 2 aliphatic heterocycles. The fraction of sp³-hybridized carbons (Fsp3) is 0.706. The molecule has 0 aromatic heterocycles. The summed E-state index contributed by atoms with van der Waals surface area (Å²) in [7, 11) is 1.17. The van der Waals surface area contributed by atoms with E-state index in [1.165, 1.54) is 7.11 Å². The van der Waals surface area contributed by atoms with E-state index in [4.69, 9.17) is 30.4 Å². The smallest absolute Gasteiger partial charge is 0.338 e. The minimum absolute atomic E-state index is 0.0486. The van der Waals surface area contributed by atoms with Crippen molar-refractivity contribution in [2.24, 2.45) is 21.8 Å². The molecule has 3 aliphatic rings. The third kappa shape index (κ3) is 3.42. The number of ether oxygens (including phenoxy) is 4. The Morgan fingerprint density at radius 1 is 1.33 bits per heavy atom.